The van der Waals surface area contributed by atoms with Crippen LogP contribution >= 0.6 is 0 Å². The highest BCUT2D eigenvalue weighted by molar-refractivity contribution is 5.95. The van der Waals surface area contributed by atoms with Crippen molar-refractivity contribution in [1.29, 1.82) is 0 Å². The molecule has 0 aliphatic carbocycles. The molecule has 2 aromatic rings. The monoisotopic (exact) mass is 299 g/mol. The largest absolute Gasteiger partial charge is 0.379 e. The van der Waals surface area contributed by atoms with Crippen LogP contribution < -0.4 is 5.32 Å². The van der Waals surface area contributed by atoms with Crippen molar-refractivity contribution >= 4 is 5.91 Å². The molecule has 1 N–H and O–H groups in total. The van der Waals surface area contributed by atoms with Crippen LogP contribution in [0.15, 0.2) is 30.5 Å². The Kier molecular flexibility index (Phi) is 4.24. The molecule has 2 heterocycles. The first-order valence-electron chi connectivity index (χ1n) is 7.69. The molecule has 1 aliphatic rings. The quantitative estimate of drug-likeness (QED) is 0.941. The normalized spacial score (nSPS) is 17.6. The van der Waals surface area contributed by atoms with E-state index in [1.165, 1.54) is 5.69 Å². The predicted octanol–water partition coefficient (Wildman–Crippen LogP) is 2.17. The van der Waals surface area contributed by atoms with Crippen molar-refractivity contribution in [2.45, 2.75) is 25.8 Å². The van der Waals surface area contributed by atoms with E-state index in [1.54, 1.807) is 0 Å². The molecule has 0 radical (unpaired) electrons. The number of hydrogen-bond donors (Lipinski definition) is 1. The van der Waals surface area contributed by atoms with Crippen LogP contribution in [0, 0.1) is 0 Å². The van der Waals surface area contributed by atoms with Crippen molar-refractivity contribution in [3.05, 3.63) is 41.7 Å². The maximum Gasteiger partial charge on any atom is 0.251 e. The average Bonchev–Trinajstić information content (AvgIpc) is 3.16. The molecule has 0 bridgehead atoms. The van der Waals surface area contributed by atoms with Crippen LogP contribution in [0.2, 0.25) is 0 Å². The molecule has 0 saturated carbocycles. The number of aryl methyl sites for hydroxylation is 1. The average molecular weight is 299 g/mol. The van der Waals surface area contributed by atoms with Gasteiger partial charge in [0.05, 0.1) is 18.8 Å². The first-order chi connectivity index (χ1) is 10.7. The number of carbonyl (C=O) groups excluding carboxylic acids is 1. The third-order valence-electron chi connectivity index (χ3n) is 4.10. The van der Waals surface area contributed by atoms with Gasteiger partial charge in [0.1, 0.15) is 0 Å². The summed E-state index contributed by atoms with van der Waals surface area (Å²) >= 11 is 0. The summed E-state index contributed by atoms with van der Waals surface area (Å²) in [5.41, 5.74) is 3.96. The van der Waals surface area contributed by atoms with Gasteiger partial charge in [0.15, 0.2) is 0 Å². The van der Waals surface area contributed by atoms with Crippen LogP contribution in [0.5, 0.6) is 0 Å². The Labute approximate surface area is 130 Å². The van der Waals surface area contributed by atoms with Gasteiger partial charge in [-0.15, -0.1) is 0 Å². The Morgan fingerprint density at radius 2 is 2.36 bits per heavy atom. The summed E-state index contributed by atoms with van der Waals surface area (Å²) < 4.78 is 7.18. The minimum absolute atomic E-state index is 0.0423. The van der Waals surface area contributed by atoms with Gasteiger partial charge in [-0.2, -0.15) is 5.10 Å². The lowest BCUT2D eigenvalue weighted by molar-refractivity contribution is 0.0930. The zero-order chi connectivity index (χ0) is 15.5. The van der Waals surface area contributed by atoms with E-state index >= 15 is 0 Å². The zero-order valence-electron chi connectivity index (χ0n) is 13.0. The molecule has 1 amide bonds. The van der Waals surface area contributed by atoms with Gasteiger partial charge in [0.25, 0.3) is 5.91 Å². The van der Waals surface area contributed by atoms with E-state index < -0.39 is 0 Å². The second-order valence-electron chi connectivity index (χ2n) is 5.60. The molecule has 1 fully saturated rings. The van der Waals surface area contributed by atoms with E-state index in [1.807, 2.05) is 42.2 Å². The second-order valence-corrected chi connectivity index (χ2v) is 5.60. The van der Waals surface area contributed by atoms with Crippen molar-refractivity contribution < 1.29 is 9.53 Å². The Morgan fingerprint density at radius 3 is 3.09 bits per heavy atom. The molecule has 1 aromatic carbocycles. The smallest absolute Gasteiger partial charge is 0.251 e. The van der Waals surface area contributed by atoms with E-state index in [2.05, 4.69) is 17.3 Å². The van der Waals surface area contributed by atoms with E-state index in [0.717, 1.165) is 30.6 Å². The standard InChI is InChI=1S/C17H21N3O2/c1-3-16-15(10-18-20(16)2)12-5-4-6-13(9-12)17(21)19-14-7-8-22-11-14/h4-6,9-10,14H,3,7-8,11H2,1-2H3,(H,19,21)/t14-/m0/s1. The van der Waals surface area contributed by atoms with Gasteiger partial charge >= 0.3 is 0 Å². The Morgan fingerprint density at radius 1 is 1.50 bits per heavy atom. The molecule has 1 atom stereocenters. The molecule has 1 saturated heterocycles. The zero-order valence-corrected chi connectivity index (χ0v) is 13.0. The van der Waals surface area contributed by atoms with Crippen molar-refractivity contribution in [2.75, 3.05) is 13.2 Å². The molecular weight excluding hydrogens is 278 g/mol. The molecule has 1 aromatic heterocycles. The van der Waals surface area contributed by atoms with Gasteiger partial charge in [-0.1, -0.05) is 19.1 Å². The lowest BCUT2D eigenvalue weighted by Crippen LogP contribution is -2.34. The van der Waals surface area contributed by atoms with Crippen molar-refractivity contribution in [3.8, 4) is 11.1 Å². The lowest BCUT2D eigenvalue weighted by atomic mass is 10.0. The third-order valence-corrected chi connectivity index (χ3v) is 4.10. The summed E-state index contributed by atoms with van der Waals surface area (Å²) in [6.07, 6.45) is 3.65. The highest BCUT2D eigenvalue weighted by atomic mass is 16.5. The number of nitrogens with one attached hydrogen (secondary N) is 1. The number of carbonyl (C=O) groups is 1. The van der Waals surface area contributed by atoms with E-state index in [-0.39, 0.29) is 11.9 Å². The summed E-state index contributed by atoms with van der Waals surface area (Å²) in [4.78, 5) is 12.4. The van der Waals surface area contributed by atoms with Gasteiger partial charge in [-0.25, -0.2) is 0 Å². The highest BCUT2D eigenvalue weighted by Gasteiger charge is 2.19. The predicted molar refractivity (Wildman–Crippen MR) is 84.7 cm³/mol. The van der Waals surface area contributed by atoms with Gasteiger partial charge in [-0.3, -0.25) is 9.48 Å². The topological polar surface area (TPSA) is 56.1 Å². The molecule has 3 rings (SSSR count). The molecule has 0 spiro atoms. The second kappa shape index (κ2) is 6.32. The van der Waals surface area contributed by atoms with Crippen molar-refractivity contribution in [1.82, 2.24) is 15.1 Å². The number of rotatable bonds is 4. The molecule has 5 nitrogen and oxygen atoms in total. The minimum atomic E-state index is -0.0423. The fourth-order valence-electron chi connectivity index (χ4n) is 2.87. The van der Waals surface area contributed by atoms with E-state index in [0.29, 0.717) is 12.2 Å². The van der Waals surface area contributed by atoms with Crippen LogP contribution in [0.3, 0.4) is 0 Å². The number of amides is 1. The molecule has 5 heteroatoms. The van der Waals surface area contributed by atoms with Crippen LogP contribution in [0.4, 0.5) is 0 Å². The van der Waals surface area contributed by atoms with Crippen LogP contribution in [-0.4, -0.2) is 34.9 Å². The number of nitrogens with zero attached hydrogens (tertiary/aromatic N) is 2. The lowest BCUT2D eigenvalue weighted by Gasteiger charge is -2.11. The first-order valence-corrected chi connectivity index (χ1v) is 7.69. The molecule has 0 unspecified atom stereocenters. The van der Waals surface area contributed by atoms with Crippen LogP contribution in [-0.2, 0) is 18.2 Å². The van der Waals surface area contributed by atoms with Gasteiger partial charge in [0.2, 0.25) is 0 Å². The summed E-state index contributed by atoms with van der Waals surface area (Å²) in [6, 6.07) is 7.84. The number of ether oxygens (including phenoxy) is 1. The Bertz CT molecular complexity index is 672. The van der Waals surface area contributed by atoms with Crippen LogP contribution in [0.25, 0.3) is 11.1 Å². The number of benzene rings is 1. The molecule has 22 heavy (non-hydrogen) atoms. The SMILES string of the molecule is CCc1c(-c2cccc(C(=O)N[C@H]3CCOC3)c2)cnn1C. The van der Waals surface area contributed by atoms with Crippen LogP contribution in [0.1, 0.15) is 29.4 Å². The van der Waals surface area contributed by atoms with Gasteiger partial charge in [0, 0.05) is 30.5 Å². The Balaban J connectivity index is 1.84. The third kappa shape index (κ3) is 2.90. The fraction of sp³-hybridized carbons (Fsp3) is 0.412. The van der Waals surface area contributed by atoms with E-state index in [4.69, 9.17) is 4.74 Å². The van der Waals surface area contributed by atoms with Gasteiger partial charge in [-0.05, 0) is 30.5 Å². The summed E-state index contributed by atoms with van der Waals surface area (Å²) in [7, 11) is 1.94. The molecule has 116 valence electrons. The first kappa shape index (κ1) is 14.8. The molecular formula is C17H21N3O2. The summed E-state index contributed by atoms with van der Waals surface area (Å²) in [6.45, 7) is 3.44. The fourth-order valence-corrected chi connectivity index (χ4v) is 2.87. The van der Waals surface area contributed by atoms with Gasteiger partial charge < -0.3 is 10.1 Å². The maximum absolute atomic E-state index is 12.4. The van der Waals surface area contributed by atoms with E-state index in [9.17, 15) is 4.79 Å². The van der Waals surface area contributed by atoms with Crippen molar-refractivity contribution in [2.24, 2.45) is 7.05 Å². The minimum Gasteiger partial charge on any atom is -0.379 e. The number of aromatic nitrogens is 2. The summed E-state index contributed by atoms with van der Waals surface area (Å²) in [5.74, 6) is -0.0423. The number of hydrogen-bond acceptors (Lipinski definition) is 3. The Hall–Kier alpha value is -2.14. The summed E-state index contributed by atoms with van der Waals surface area (Å²) in [5, 5.41) is 7.34. The van der Waals surface area contributed by atoms with Crippen molar-refractivity contribution in [3.63, 3.8) is 0 Å². The maximum atomic E-state index is 12.4. The highest BCUT2D eigenvalue weighted by Crippen LogP contribution is 2.24. The molecule has 1 aliphatic heterocycles.